The Labute approximate surface area is 145 Å². The lowest BCUT2D eigenvalue weighted by Crippen LogP contribution is -2.52. The van der Waals surface area contributed by atoms with Crippen molar-refractivity contribution in [3.63, 3.8) is 0 Å². The Morgan fingerprint density at radius 1 is 1.24 bits per heavy atom. The largest absolute Gasteiger partial charge is 0.482 e. The first-order valence-corrected chi connectivity index (χ1v) is 8.63. The molecule has 0 saturated carbocycles. The second-order valence-corrected chi connectivity index (χ2v) is 6.61. The minimum absolute atomic E-state index is 0.0528. The molecule has 2 aliphatic heterocycles. The summed E-state index contributed by atoms with van der Waals surface area (Å²) < 4.78 is 17.1. The first-order chi connectivity index (χ1) is 12.1. The Hall–Kier alpha value is -2.57. The fourth-order valence-electron chi connectivity index (χ4n) is 3.43. The molecule has 7 heteroatoms. The summed E-state index contributed by atoms with van der Waals surface area (Å²) >= 11 is 0. The van der Waals surface area contributed by atoms with E-state index in [4.69, 9.17) is 14.0 Å². The van der Waals surface area contributed by atoms with Crippen LogP contribution in [0.25, 0.3) is 0 Å². The van der Waals surface area contributed by atoms with Gasteiger partial charge in [0.15, 0.2) is 17.3 Å². The Balaban J connectivity index is 1.49. The molecule has 0 radical (unpaired) electrons. The molecule has 1 fully saturated rings. The number of rotatable bonds is 2. The van der Waals surface area contributed by atoms with Gasteiger partial charge in [-0.2, -0.15) is 4.98 Å². The lowest BCUT2D eigenvalue weighted by Gasteiger charge is -2.37. The van der Waals surface area contributed by atoms with E-state index in [1.807, 2.05) is 36.1 Å². The van der Waals surface area contributed by atoms with Crippen LogP contribution in [0, 0.1) is 6.92 Å². The number of fused-ring (bicyclic) bond motifs is 1. The summed E-state index contributed by atoms with van der Waals surface area (Å²) in [7, 11) is 0. The smallest absolute Gasteiger partial charge is 0.267 e. The quantitative estimate of drug-likeness (QED) is 0.833. The molecule has 1 aromatic heterocycles. The van der Waals surface area contributed by atoms with Crippen LogP contribution in [0.2, 0.25) is 0 Å². The molecular formula is C18H21N3O4. The highest BCUT2D eigenvalue weighted by atomic mass is 16.6. The summed E-state index contributed by atoms with van der Waals surface area (Å²) in [5.74, 6) is 2.53. The first kappa shape index (κ1) is 15.9. The molecule has 0 spiro atoms. The maximum Gasteiger partial charge on any atom is 0.267 e. The molecule has 1 amide bonds. The molecule has 2 aliphatic rings. The zero-order valence-corrected chi connectivity index (χ0v) is 14.3. The number of para-hydroxylation sites is 2. The van der Waals surface area contributed by atoms with Crippen molar-refractivity contribution in [3.8, 4) is 11.5 Å². The number of hydrogen-bond acceptors (Lipinski definition) is 6. The van der Waals surface area contributed by atoms with Crippen LogP contribution in [0.1, 0.15) is 37.4 Å². The molecule has 3 atom stereocenters. The third kappa shape index (κ3) is 3.06. The molecule has 4 rings (SSSR count). The summed E-state index contributed by atoms with van der Waals surface area (Å²) in [6.07, 6.45) is 0.855. The van der Waals surface area contributed by atoms with Crippen molar-refractivity contribution in [2.24, 2.45) is 0 Å². The third-order valence-electron chi connectivity index (χ3n) is 4.71. The Morgan fingerprint density at radius 2 is 2.00 bits per heavy atom. The van der Waals surface area contributed by atoms with Gasteiger partial charge in [0, 0.05) is 13.1 Å². The summed E-state index contributed by atoms with van der Waals surface area (Å²) in [5.41, 5.74) is 0. The molecule has 0 unspecified atom stereocenters. The molecule has 3 heterocycles. The highest BCUT2D eigenvalue weighted by molar-refractivity contribution is 5.82. The zero-order valence-electron chi connectivity index (χ0n) is 14.3. The van der Waals surface area contributed by atoms with E-state index in [0.717, 1.165) is 12.8 Å². The highest BCUT2D eigenvalue weighted by Gasteiger charge is 2.39. The van der Waals surface area contributed by atoms with Gasteiger partial charge in [0.2, 0.25) is 12.0 Å². The third-order valence-corrected chi connectivity index (χ3v) is 4.71. The van der Waals surface area contributed by atoms with Gasteiger partial charge in [0.1, 0.15) is 6.10 Å². The topological polar surface area (TPSA) is 77.7 Å². The number of hydrogen-bond donors (Lipinski definition) is 0. The minimum Gasteiger partial charge on any atom is -0.482 e. The van der Waals surface area contributed by atoms with Crippen LogP contribution >= 0.6 is 0 Å². The predicted octanol–water partition coefficient (Wildman–Crippen LogP) is 2.31. The average Bonchev–Trinajstić information content (AvgIpc) is 3.07. The van der Waals surface area contributed by atoms with Gasteiger partial charge in [-0.25, -0.2) is 0 Å². The number of aromatic nitrogens is 2. The number of ether oxygens (including phenoxy) is 2. The number of piperidine rings is 1. The van der Waals surface area contributed by atoms with Gasteiger partial charge in [0.05, 0.1) is 5.92 Å². The van der Waals surface area contributed by atoms with Crippen LogP contribution in [0.4, 0.5) is 0 Å². The van der Waals surface area contributed by atoms with Gasteiger partial charge < -0.3 is 18.9 Å². The Kier molecular flexibility index (Phi) is 4.07. The summed E-state index contributed by atoms with van der Waals surface area (Å²) in [4.78, 5) is 19.1. The van der Waals surface area contributed by atoms with E-state index in [1.165, 1.54) is 0 Å². The molecule has 1 aromatic carbocycles. The van der Waals surface area contributed by atoms with Gasteiger partial charge in [-0.05, 0) is 38.8 Å². The van der Waals surface area contributed by atoms with Crippen LogP contribution in [-0.4, -0.2) is 46.2 Å². The normalized spacial score (nSPS) is 25.7. The van der Waals surface area contributed by atoms with Gasteiger partial charge in [-0.15, -0.1) is 0 Å². The van der Waals surface area contributed by atoms with Crippen LogP contribution in [0.15, 0.2) is 28.8 Å². The number of carbonyl (C=O) groups is 1. The average molecular weight is 343 g/mol. The molecule has 1 saturated heterocycles. The summed E-state index contributed by atoms with van der Waals surface area (Å²) in [6.45, 7) is 4.93. The second kappa shape index (κ2) is 6.38. The van der Waals surface area contributed by atoms with Crippen LogP contribution < -0.4 is 9.47 Å². The van der Waals surface area contributed by atoms with Crippen molar-refractivity contribution in [1.29, 1.82) is 0 Å². The number of amides is 1. The van der Waals surface area contributed by atoms with Gasteiger partial charge in [0.25, 0.3) is 5.91 Å². The van der Waals surface area contributed by atoms with Crippen molar-refractivity contribution in [2.75, 3.05) is 13.1 Å². The summed E-state index contributed by atoms with van der Waals surface area (Å²) in [5, 5.41) is 3.85. The van der Waals surface area contributed by atoms with E-state index in [1.54, 1.807) is 6.92 Å². The maximum absolute atomic E-state index is 13.0. The van der Waals surface area contributed by atoms with Crippen molar-refractivity contribution in [2.45, 2.75) is 44.8 Å². The van der Waals surface area contributed by atoms with Crippen molar-refractivity contribution < 1.29 is 18.8 Å². The Morgan fingerprint density at radius 3 is 2.72 bits per heavy atom. The standard InChI is InChI=1S/C18H21N3O4/c1-11-16(24-15-8-4-3-7-14(15)23-11)18(22)21-9-5-6-13(10-21)17-19-12(2)20-25-17/h3-4,7-8,11,13,16H,5-6,9-10H2,1-2H3/t11-,13+,16-/m0/s1. The first-order valence-electron chi connectivity index (χ1n) is 8.63. The molecule has 2 aromatic rings. The molecule has 25 heavy (non-hydrogen) atoms. The molecular weight excluding hydrogens is 322 g/mol. The maximum atomic E-state index is 13.0. The van der Waals surface area contributed by atoms with Crippen molar-refractivity contribution in [1.82, 2.24) is 15.0 Å². The van der Waals surface area contributed by atoms with Crippen molar-refractivity contribution in [3.05, 3.63) is 36.0 Å². The minimum atomic E-state index is -0.641. The molecule has 0 N–H and O–H groups in total. The second-order valence-electron chi connectivity index (χ2n) is 6.61. The fourth-order valence-corrected chi connectivity index (χ4v) is 3.43. The number of benzene rings is 1. The number of likely N-dealkylation sites (tertiary alicyclic amines) is 1. The van der Waals surface area contributed by atoms with Crippen molar-refractivity contribution >= 4 is 5.91 Å². The number of carbonyl (C=O) groups excluding carboxylic acids is 1. The molecule has 0 bridgehead atoms. The lowest BCUT2D eigenvalue weighted by atomic mass is 9.97. The molecule has 0 aliphatic carbocycles. The lowest BCUT2D eigenvalue weighted by molar-refractivity contribution is -0.145. The fraction of sp³-hybridized carbons (Fsp3) is 0.500. The Bertz CT molecular complexity index is 775. The van der Waals surface area contributed by atoms with E-state index >= 15 is 0 Å². The van der Waals surface area contributed by atoms with E-state index in [0.29, 0.717) is 36.3 Å². The van der Waals surface area contributed by atoms with Gasteiger partial charge >= 0.3 is 0 Å². The molecule has 7 nitrogen and oxygen atoms in total. The molecule has 132 valence electrons. The van der Waals surface area contributed by atoms with E-state index in [-0.39, 0.29) is 17.9 Å². The van der Waals surface area contributed by atoms with E-state index in [9.17, 15) is 4.79 Å². The van der Waals surface area contributed by atoms with Gasteiger partial charge in [-0.1, -0.05) is 17.3 Å². The van der Waals surface area contributed by atoms with E-state index in [2.05, 4.69) is 10.1 Å². The number of aryl methyl sites for hydroxylation is 1. The van der Waals surface area contributed by atoms with Crippen LogP contribution in [0.3, 0.4) is 0 Å². The summed E-state index contributed by atoms with van der Waals surface area (Å²) in [6, 6.07) is 7.43. The predicted molar refractivity (Wildman–Crippen MR) is 88.5 cm³/mol. The van der Waals surface area contributed by atoms with Crippen LogP contribution in [-0.2, 0) is 4.79 Å². The van der Waals surface area contributed by atoms with E-state index < -0.39 is 6.10 Å². The van der Waals surface area contributed by atoms with Gasteiger partial charge in [-0.3, -0.25) is 4.79 Å². The highest BCUT2D eigenvalue weighted by Crippen LogP contribution is 2.34. The zero-order chi connectivity index (χ0) is 17.4. The van der Waals surface area contributed by atoms with Crippen LogP contribution in [0.5, 0.6) is 11.5 Å². The SMILES string of the molecule is Cc1noc([C@@H]2CCCN(C(=O)[C@H]3Oc4ccccc4O[C@H]3C)C2)n1. The monoisotopic (exact) mass is 343 g/mol. The number of nitrogens with zero attached hydrogens (tertiary/aromatic N) is 3.